The van der Waals surface area contributed by atoms with Crippen molar-refractivity contribution in [2.45, 2.75) is 13.3 Å². The third-order valence-electron chi connectivity index (χ3n) is 4.33. The molecule has 6 nitrogen and oxygen atoms in total. The van der Waals surface area contributed by atoms with Gasteiger partial charge >= 0.3 is 5.97 Å². The highest BCUT2D eigenvalue weighted by Gasteiger charge is 2.18. The summed E-state index contributed by atoms with van der Waals surface area (Å²) in [6.07, 6.45) is 2.00. The Kier molecular flexibility index (Phi) is 5.84. The molecular formula is C22H16BrN3O3S. The summed E-state index contributed by atoms with van der Waals surface area (Å²) in [4.78, 5) is 18.1. The van der Waals surface area contributed by atoms with E-state index >= 15 is 0 Å². The van der Waals surface area contributed by atoms with Crippen LogP contribution < -0.4 is 9.47 Å². The van der Waals surface area contributed by atoms with Crippen LogP contribution in [0.4, 0.5) is 0 Å². The number of rotatable bonds is 6. The Morgan fingerprint density at radius 3 is 2.83 bits per heavy atom. The van der Waals surface area contributed by atoms with Crippen LogP contribution in [0.5, 0.6) is 11.5 Å². The quantitative estimate of drug-likeness (QED) is 0.277. The van der Waals surface area contributed by atoms with Gasteiger partial charge in [0.05, 0.1) is 34.8 Å². The maximum atomic E-state index is 12.7. The second-order valence-electron chi connectivity index (χ2n) is 6.35. The average molecular weight is 482 g/mol. The van der Waals surface area contributed by atoms with Crippen LogP contribution in [-0.4, -0.2) is 22.0 Å². The number of esters is 1. The largest absolute Gasteiger partial charge is 0.490 e. The first-order valence-corrected chi connectivity index (χ1v) is 10.8. The van der Waals surface area contributed by atoms with Crippen LogP contribution in [0.1, 0.15) is 18.2 Å². The first-order chi connectivity index (χ1) is 14.6. The molecule has 30 heavy (non-hydrogen) atoms. The van der Waals surface area contributed by atoms with E-state index in [4.69, 9.17) is 14.7 Å². The van der Waals surface area contributed by atoms with Gasteiger partial charge in [0.25, 0.3) is 0 Å². The van der Waals surface area contributed by atoms with Gasteiger partial charge in [0.15, 0.2) is 16.5 Å². The lowest BCUT2D eigenvalue weighted by Gasteiger charge is -2.12. The molecule has 0 radical (unpaired) electrons. The number of nitriles is 1. The fourth-order valence-electron chi connectivity index (χ4n) is 3.00. The normalized spacial score (nSPS) is 10.7. The lowest BCUT2D eigenvalue weighted by atomic mass is 10.2. The van der Waals surface area contributed by atoms with Gasteiger partial charge in [-0.3, -0.25) is 9.20 Å². The van der Waals surface area contributed by atoms with Crippen molar-refractivity contribution < 1.29 is 14.3 Å². The topological polar surface area (TPSA) is 76.6 Å². The number of halogens is 1. The Bertz CT molecular complexity index is 1260. The minimum atomic E-state index is -0.434. The number of nitrogens with zero attached hydrogens (tertiary/aromatic N) is 3. The lowest BCUT2D eigenvalue weighted by molar-refractivity contribution is -0.133. The molecule has 4 aromatic rings. The molecule has 0 bridgehead atoms. The Labute approximate surface area is 185 Å². The molecule has 0 unspecified atom stereocenters. The molecule has 0 saturated heterocycles. The van der Waals surface area contributed by atoms with Crippen molar-refractivity contribution in [3.63, 3.8) is 0 Å². The lowest BCUT2D eigenvalue weighted by Crippen LogP contribution is -2.13. The number of hydrogen-bond donors (Lipinski definition) is 0. The number of carbonyl (C=O) groups excluding carboxylic acids is 1. The van der Waals surface area contributed by atoms with Crippen molar-refractivity contribution in [3.8, 4) is 28.8 Å². The fourth-order valence-corrected chi connectivity index (χ4v) is 4.39. The van der Waals surface area contributed by atoms with E-state index < -0.39 is 5.97 Å². The van der Waals surface area contributed by atoms with Crippen molar-refractivity contribution in [2.75, 3.05) is 6.61 Å². The molecule has 0 amide bonds. The van der Waals surface area contributed by atoms with E-state index in [1.165, 1.54) is 11.3 Å². The molecule has 8 heteroatoms. The highest BCUT2D eigenvalue weighted by atomic mass is 79.9. The number of aromatic nitrogens is 2. The average Bonchev–Trinajstić information content (AvgIpc) is 3.33. The Morgan fingerprint density at radius 2 is 2.10 bits per heavy atom. The van der Waals surface area contributed by atoms with E-state index in [1.807, 2.05) is 53.2 Å². The number of hydrogen-bond acceptors (Lipinski definition) is 6. The maximum absolute atomic E-state index is 12.7. The SMILES string of the molecule is CCOc1cc(C#N)cc(Br)c1OC(=O)Cc1csc2nc(-c3ccccc3)cn12. The van der Waals surface area contributed by atoms with E-state index in [9.17, 15) is 4.79 Å². The number of thiazole rings is 1. The highest BCUT2D eigenvalue weighted by molar-refractivity contribution is 9.10. The fraction of sp³-hybridized carbons (Fsp3) is 0.136. The third-order valence-corrected chi connectivity index (χ3v) is 5.81. The number of benzene rings is 2. The number of ether oxygens (including phenoxy) is 2. The maximum Gasteiger partial charge on any atom is 0.317 e. The molecule has 4 rings (SSSR count). The smallest absolute Gasteiger partial charge is 0.317 e. The molecule has 2 heterocycles. The molecule has 0 aliphatic heterocycles. The Balaban J connectivity index is 1.57. The zero-order valence-electron chi connectivity index (χ0n) is 16.0. The molecule has 2 aromatic carbocycles. The molecule has 0 spiro atoms. The van der Waals surface area contributed by atoms with E-state index in [-0.39, 0.29) is 12.2 Å². The van der Waals surface area contributed by atoms with Crippen LogP contribution in [0.15, 0.2) is 58.5 Å². The van der Waals surface area contributed by atoms with Gasteiger partial charge in [0.2, 0.25) is 0 Å². The Morgan fingerprint density at radius 1 is 1.30 bits per heavy atom. The first-order valence-electron chi connectivity index (χ1n) is 9.17. The van der Waals surface area contributed by atoms with Crippen LogP contribution in [0, 0.1) is 11.3 Å². The molecule has 0 aliphatic carbocycles. The van der Waals surface area contributed by atoms with Gasteiger partial charge in [-0.15, -0.1) is 11.3 Å². The number of fused-ring (bicyclic) bond motifs is 1. The van der Waals surface area contributed by atoms with Crippen LogP contribution in [-0.2, 0) is 11.2 Å². The molecule has 0 N–H and O–H groups in total. The van der Waals surface area contributed by atoms with Gasteiger partial charge in [-0.05, 0) is 28.9 Å². The highest BCUT2D eigenvalue weighted by Crippen LogP contribution is 2.37. The summed E-state index contributed by atoms with van der Waals surface area (Å²) in [5.41, 5.74) is 3.07. The minimum absolute atomic E-state index is 0.0720. The van der Waals surface area contributed by atoms with Crippen molar-refractivity contribution in [3.05, 3.63) is 69.8 Å². The van der Waals surface area contributed by atoms with Crippen LogP contribution in [0.25, 0.3) is 16.2 Å². The van der Waals surface area contributed by atoms with Gasteiger partial charge < -0.3 is 9.47 Å². The van der Waals surface area contributed by atoms with Crippen LogP contribution in [0.3, 0.4) is 0 Å². The monoisotopic (exact) mass is 481 g/mol. The van der Waals surface area contributed by atoms with Crippen molar-refractivity contribution in [1.82, 2.24) is 9.38 Å². The van der Waals surface area contributed by atoms with Gasteiger partial charge in [-0.2, -0.15) is 5.26 Å². The summed E-state index contributed by atoms with van der Waals surface area (Å²) >= 11 is 4.83. The van der Waals surface area contributed by atoms with Crippen LogP contribution in [0.2, 0.25) is 0 Å². The van der Waals surface area contributed by atoms with Gasteiger partial charge in [-0.1, -0.05) is 30.3 Å². The summed E-state index contributed by atoms with van der Waals surface area (Å²) in [5, 5.41) is 11.0. The van der Waals surface area contributed by atoms with E-state index in [1.54, 1.807) is 12.1 Å². The predicted molar refractivity (Wildman–Crippen MR) is 118 cm³/mol. The summed E-state index contributed by atoms with van der Waals surface area (Å²) in [6.45, 7) is 2.21. The molecule has 2 aromatic heterocycles. The van der Waals surface area contributed by atoms with E-state index in [2.05, 4.69) is 27.0 Å². The van der Waals surface area contributed by atoms with Crippen molar-refractivity contribution in [2.24, 2.45) is 0 Å². The number of carbonyl (C=O) groups is 1. The summed E-state index contributed by atoms with van der Waals surface area (Å²) in [6, 6.07) is 15.1. The summed E-state index contributed by atoms with van der Waals surface area (Å²) in [5.74, 6) is 0.181. The summed E-state index contributed by atoms with van der Waals surface area (Å²) < 4.78 is 13.5. The second kappa shape index (κ2) is 8.69. The zero-order valence-corrected chi connectivity index (χ0v) is 18.4. The first kappa shape index (κ1) is 20.1. The number of imidazole rings is 1. The second-order valence-corrected chi connectivity index (χ2v) is 8.04. The predicted octanol–water partition coefficient (Wildman–Crippen LogP) is 5.24. The molecular weight excluding hydrogens is 466 g/mol. The van der Waals surface area contributed by atoms with Gasteiger partial charge in [0.1, 0.15) is 0 Å². The van der Waals surface area contributed by atoms with Crippen molar-refractivity contribution >= 4 is 38.2 Å². The molecule has 0 aliphatic rings. The molecule has 0 saturated carbocycles. The standard InChI is InChI=1S/C22H16BrN3O3S/c1-2-28-19-9-14(11-24)8-17(23)21(19)29-20(27)10-16-13-30-22-25-18(12-26(16)22)15-6-4-3-5-7-15/h3-9,12-13H,2,10H2,1H3. The van der Waals surface area contributed by atoms with Crippen molar-refractivity contribution in [1.29, 1.82) is 5.26 Å². The summed E-state index contributed by atoms with van der Waals surface area (Å²) in [7, 11) is 0. The Hall–Kier alpha value is -3.15. The van der Waals surface area contributed by atoms with Gasteiger partial charge in [0, 0.05) is 28.9 Å². The van der Waals surface area contributed by atoms with E-state index in [0.717, 1.165) is 21.9 Å². The van der Waals surface area contributed by atoms with Crippen LogP contribution >= 0.6 is 27.3 Å². The molecule has 0 atom stereocenters. The minimum Gasteiger partial charge on any atom is -0.490 e. The molecule has 150 valence electrons. The molecule has 0 fully saturated rings. The third kappa shape index (κ3) is 4.08. The van der Waals surface area contributed by atoms with E-state index in [0.29, 0.717) is 22.4 Å². The zero-order chi connectivity index (χ0) is 21.1. The van der Waals surface area contributed by atoms with Gasteiger partial charge in [-0.25, -0.2) is 4.98 Å².